The molecule has 0 radical (unpaired) electrons. The molecule has 0 unspecified atom stereocenters. The molecule has 0 heterocycles. The van der Waals surface area contributed by atoms with Crippen LogP contribution in [0.15, 0.2) is 0 Å². The fraction of sp³-hybridized carbons (Fsp3) is 1.00. The van der Waals surface area contributed by atoms with Gasteiger partial charge in [0, 0.05) is 0 Å². The van der Waals surface area contributed by atoms with Crippen LogP contribution in [0.2, 0.25) is 0 Å². The number of hydrogen-bond donors (Lipinski definition) is 2. The first kappa shape index (κ1) is 29.7. The molecule has 0 aliphatic heterocycles. The summed E-state index contributed by atoms with van der Waals surface area (Å²) in [5.41, 5.74) is 0. The fourth-order valence-corrected chi connectivity index (χ4v) is 4.74. The van der Waals surface area contributed by atoms with Crippen LogP contribution in [0.4, 0.5) is 0 Å². The Morgan fingerprint density at radius 2 is 0.276 bits per heavy atom. The Balaban J connectivity index is 2.97. The molecule has 29 heavy (non-hydrogen) atoms. The first-order valence-electron chi connectivity index (χ1n) is 13.6. The second-order valence-corrected chi connectivity index (χ2v) is 10.2. The molecule has 0 amide bonds. The van der Waals surface area contributed by atoms with Gasteiger partial charge in [0.15, 0.2) is 0 Å². The summed E-state index contributed by atoms with van der Waals surface area (Å²) in [5, 5.41) is 0. The van der Waals surface area contributed by atoms with Gasteiger partial charge in [-0.2, -0.15) is 25.3 Å². The quantitative estimate of drug-likeness (QED) is 0.0961. The SMILES string of the molecule is SCCCCCCCCCCCCCCCCCCCCCCCCCCCS. The van der Waals surface area contributed by atoms with Crippen molar-refractivity contribution >= 4 is 25.3 Å². The molecule has 0 rings (SSSR count). The summed E-state index contributed by atoms with van der Waals surface area (Å²) < 4.78 is 0. The van der Waals surface area contributed by atoms with Crippen molar-refractivity contribution in [2.45, 2.75) is 161 Å². The van der Waals surface area contributed by atoms with Gasteiger partial charge in [-0.05, 0) is 24.3 Å². The van der Waals surface area contributed by atoms with Gasteiger partial charge in [0.05, 0.1) is 0 Å². The van der Waals surface area contributed by atoms with E-state index >= 15 is 0 Å². The molecule has 0 aliphatic rings. The lowest BCUT2D eigenvalue weighted by Gasteiger charge is -2.04. The largest absolute Gasteiger partial charge is 0.179 e. The third-order valence-electron chi connectivity index (χ3n) is 6.32. The fourth-order valence-electron chi connectivity index (χ4n) is 4.29. The van der Waals surface area contributed by atoms with Crippen molar-refractivity contribution in [2.75, 3.05) is 11.5 Å². The average Bonchev–Trinajstić information content (AvgIpc) is 2.74. The molecule has 0 spiro atoms. The molecule has 0 aromatic heterocycles. The molecule has 0 aliphatic carbocycles. The lowest BCUT2D eigenvalue weighted by molar-refractivity contribution is 0.517. The molecule has 0 bridgehead atoms. The van der Waals surface area contributed by atoms with E-state index in [1.807, 2.05) is 0 Å². The molecule has 0 saturated carbocycles. The lowest BCUT2D eigenvalue weighted by Crippen LogP contribution is -1.85. The summed E-state index contributed by atoms with van der Waals surface area (Å²) in [5.74, 6) is 2.13. The zero-order chi connectivity index (χ0) is 21.1. The average molecular weight is 445 g/mol. The monoisotopic (exact) mass is 444 g/mol. The number of rotatable bonds is 26. The van der Waals surface area contributed by atoms with Crippen LogP contribution in [0.1, 0.15) is 161 Å². The van der Waals surface area contributed by atoms with Gasteiger partial charge < -0.3 is 0 Å². The van der Waals surface area contributed by atoms with Crippen LogP contribution in [0.25, 0.3) is 0 Å². The third kappa shape index (κ3) is 28.7. The van der Waals surface area contributed by atoms with E-state index < -0.39 is 0 Å². The minimum Gasteiger partial charge on any atom is -0.179 e. The van der Waals surface area contributed by atoms with Crippen molar-refractivity contribution in [2.24, 2.45) is 0 Å². The van der Waals surface area contributed by atoms with E-state index in [9.17, 15) is 0 Å². The van der Waals surface area contributed by atoms with Gasteiger partial charge in [0.25, 0.3) is 0 Å². The highest BCUT2D eigenvalue weighted by Crippen LogP contribution is 2.15. The van der Waals surface area contributed by atoms with Crippen LogP contribution in [0.3, 0.4) is 0 Å². The predicted molar refractivity (Wildman–Crippen MR) is 143 cm³/mol. The van der Waals surface area contributed by atoms with Gasteiger partial charge in [-0.3, -0.25) is 0 Å². The molecular formula is C27H56S2. The Labute approximate surface area is 197 Å². The first-order chi connectivity index (χ1) is 14.4. The number of hydrogen-bond acceptors (Lipinski definition) is 2. The van der Waals surface area contributed by atoms with E-state index in [0.717, 1.165) is 11.5 Å². The molecular weight excluding hydrogens is 388 g/mol. The van der Waals surface area contributed by atoms with Gasteiger partial charge in [0.1, 0.15) is 0 Å². The Bertz CT molecular complexity index is 241. The topological polar surface area (TPSA) is 0 Å². The lowest BCUT2D eigenvalue weighted by atomic mass is 10.0. The van der Waals surface area contributed by atoms with Crippen molar-refractivity contribution < 1.29 is 0 Å². The molecule has 0 aromatic carbocycles. The maximum atomic E-state index is 4.27. The van der Waals surface area contributed by atoms with Crippen LogP contribution in [-0.4, -0.2) is 11.5 Å². The Kier molecular flexibility index (Phi) is 29.4. The van der Waals surface area contributed by atoms with E-state index in [2.05, 4.69) is 25.3 Å². The molecule has 0 fully saturated rings. The van der Waals surface area contributed by atoms with Crippen LogP contribution in [-0.2, 0) is 0 Å². The summed E-state index contributed by atoms with van der Waals surface area (Å²) in [6.45, 7) is 0. The zero-order valence-electron chi connectivity index (χ0n) is 20.0. The van der Waals surface area contributed by atoms with Gasteiger partial charge in [-0.25, -0.2) is 0 Å². The minimum atomic E-state index is 1.07. The Morgan fingerprint density at radius 3 is 0.379 bits per heavy atom. The number of thiol groups is 2. The maximum absolute atomic E-state index is 4.27. The van der Waals surface area contributed by atoms with Crippen molar-refractivity contribution in [1.82, 2.24) is 0 Å². The summed E-state index contributed by atoms with van der Waals surface area (Å²) in [7, 11) is 0. The summed E-state index contributed by atoms with van der Waals surface area (Å²) >= 11 is 8.55. The van der Waals surface area contributed by atoms with Gasteiger partial charge in [0.2, 0.25) is 0 Å². The second kappa shape index (κ2) is 28.7. The van der Waals surface area contributed by atoms with E-state index in [1.165, 1.54) is 161 Å². The first-order valence-corrected chi connectivity index (χ1v) is 14.9. The summed E-state index contributed by atoms with van der Waals surface area (Å²) in [4.78, 5) is 0. The highest BCUT2D eigenvalue weighted by Gasteiger charge is 1.96. The van der Waals surface area contributed by atoms with Crippen LogP contribution in [0, 0.1) is 0 Å². The normalized spacial score (nSPS) is 11.4. The van der Waals surface area contributed by atoms with E-state index in [-0.39, 0.29) is 0 Å². The maximum Gasteiger partial charge on any atom is -0.00979 e. The van der Waals surface area contributed by atoms with Crippen molar-refractivity contribution in [1.29, 1.82) is 0 Å². The minimum absolute atomic E-state index is 1.07. The molecule has 0 saturated heterocycles. The van der Waals surface area contributed by atoms with Gasteiger partial charge >= 0.3 is 0 Å². The van der Waals surface area contributed by atoms with Crippen molar-refractivity contribution in [3.63, 3.8) is 0 Å². The van der Waals surface area contributed by atoms with Crippen molar-refractivity contribution in [3.05, 3.63) is 0 Å². The molecule has 0 atom stereocenters. The van der Waals surface area contributed by atoms with E-state index in [1.54, 1.807) is 0 Å². The van der Waals surface area contributed by atoms with Crippen LogP contribution >= 0.6 is 25.3 Å². The molecule has 2 heteroatoms. The Morgan fingerprint density at radius 1 is 0.172 bits per heavy atom. The number of unbranched alkanes of at least 4 members (excludes halogenated alkanes) is 24. The van der Waals surface area contributed by atoms with E-state index in [0.29, 0.717) is 0 Å². The molecule has 0 nitrogen and oxygen atoms in total. The molecule has 176 valence electrons. The van der Waals surface area contributed by atoms with Gasteiger partial charge in [-0.15, -0.1) is 0 Å². The summed E-state index contributed by atoms with van der Waals surface area (Å²) in [6, 6.07) is 0. The summed E-state index contributed by atoms with van der Waals surface area (Å²) in [6.07, 6.45) is 36.3. The van der Waals surface area contributed by atoms with Gasteiger partial charge in [-0.1, -0.05) is 148 Å². The smallest absolute Gasteiger partial charge is 0.00979 e. The zero-order valence-corrected chi connectivity index (χ0v) is 21.8. The molecule has 0 aromatic rings. The van der Waals surface area contributed by atoms with Crippen molar-refractivity contribution in [3.8, 4) is 0 Å². The predicted octanol–water partition coefficient (Wildman–Crippen LogP) is 10.6. The third-order valence-corrected chi connectivity index (χ3v) is 6.95. The van der Waals surface area contributed by atoms with E-state index in [4.69, 9.17) is 0 Å². The van der Waals surface area contributed by atoms with Crippen LogP contribution < -0.4 is 0 Å². The highest BCUT2D eigenvalue weighted by molar-refractivity contribution is 7.80. The van der Waals surface area contributed by atoms with Crippen LogP contribution in [0.5, 0.6) is 0 Å². The highest BCUT2D eigenvalue weighted by atomic mass is 32.1. The second-order valence-electron chi connectivity index (χ2n) is 9.29. The Hall–Kier alpha value is 0.700. The molecule has 0 N–H and O–H groups in total. The standard InChI is InChI=1S/C27H56S2/c28-26-24-22-20-18-16-14-12-10-8-6-4-2-1-3-5-7-9-11-13-15-17-19-21-23-25-27-29/h28-29H,1-27H2.